The predicted molar refractivity (Wildman–Crippen MR) is 54.9 cm³/mol. The van der Waals surface area contributed by atoms with Crippen molar-refractivity contribution < 1.29 is 13.2 Å². The maximum Gasteiger partial charge on any atom is 0.416 e. The van der Waals surface area contributed by atoms with Gasteiger partial charge in [-0.2, -0.15) is 18.4 Å². The molecule has 86 valence electrons. The Kier molecular flexibility index (Phi) is 3.58. The highest BCUT2D eigenvalue weighted by atomic mass is 19.4. The zero-order valence-corrected chi connectivity index (χ0v) is 9.10. The van der Waals surface area contributed by atoms with E-state index < -0.39 is 11.7 Å². The highest BCUT2D eigenvalue weighted by Crippen LogP contribution is 2.32. The minimum atomic E-state index is -4.39. The Labute approximate surface area is 92.5 Å². The van der Waals surface area contributed by atoms with E-state index >= 15 is 0 Å². The lowest BCUT2D eigenvalue weighted by Crippen LogP contribution is -2.06. The first-order valence-electron chi connectivity index (χ1n) is 5.01. The van der Waals surface area contributed by atoms with Crippen molar-refractivity contribution in [2.45, 2.75) is 32.4 Å². The third-order valence-corrected chi connectivity index (χ3v) is 2.64. The average Bonchev–Trinajstić information content (AvgIpc) is 2.26. The first kappa shape index (κ1) is 12.6. The standard InChI is InChI=1S/C12H12F3N/c1-3-8(2)11-5-4-10(12(13,14)15)6-9(11)7-16/h4-6,8H,3H2,1-2H3. The Morgan fingerprint density at radius 3 is 2.44 bits per heavy atom. The summed E-state index contributed by atoms with van der Waals surface area (Å²) >= 11 is 0. The van der Waals surface area contributed by atoms with Gasteiger partial charge >= 0.3 is 6.18 Å². The molecule has 0 bridgehead atoms. The van der Waals surface area contributed by atoms with E-state index in [1.54, 1.807) is 0 Å². The maximum atomic E-state index is 12.4. The second kappa shape index (κ2) is 4.56. The van der Waals surface area contributed by atoms with Crippen LogP contribution in [0.5, 0.6) is 0 Å². The molecule has 1 aromatic rings. The van der Waals surface area contributed by atoms with Crippen LogP contribution in [-0.2, 0) is 6.18 Å². The molecule has 0 aliphatic rings. The molecule has 0 heterocycles. The van der Waals surface area contributed by atoms with Crippen LogP contribution >= 0.6 is 0 Å². The van der Waals surface area contributed by atoms with Crippen molar-refractivity contribution >= 4 is 0 Å². The summed E-state index contributed by atoms with van der Waals surface area (Å²) in [6, 6.07) is 5.17. The molecule has 1 atom stereocenters. The lowest BCUT2D eigenvalue weighted by molar-refractivity contribution is -0.137. The van der Waals surface area contributed by atoms with Gasteiger partial charge in [0.2, 0.25) is 0 Å². The summed E-state index contributed by atoms with van der Waals surface area (Å²) in [6.07, 6.45) is -3.60. The van der Waals surface area contributed by atoms with Crippen molar-refractivity contribution in [3.8, 4) is 6.07 Å². The molecule has 0 aliphatic carbocycles. The van der Waals surface area contributed by atoms with Crippen LogP contribution in [-0.4, -0.2) is 0 Å². The zero-order chi connectivity index (χ0) is 12.3. The monoisotopic (exact) mass is 227 g/mol. The molecule has 0 amide bonds. The van der Waals surface area contributed by atoms with E-state index in [9.17, 15) is 13.2 Å². The summed E-state index contributed by atoms with van der Waals surface area (Å²) in [5, 5.41) is 8.84. The molecule has 1 rings (SSSR count). The van der Waals surface area contributed by atoms with Gasteiger partial charge in [0.1, 0.15) is 0 Å². The number of hydrogen-bond donors (Lipinski definition) is 0. The Bertz CT molecular complexity index is 415. The van der Waals surface area contributed by atoms with Crippen LogP contribution in [0.3, 0.4) is 0 Å². The lowest BCUT2D eigenvalue weighted by Gasteiger charge is -2.13. The molecule has 1 unspecified atom stereocenters. The topological polar surface area (TPSA) is 23.8 Å². The largest absolute Gasteiger partial charge is 0.416 e. The number of halogens is 3. The smallest absolute Gasteiger partial charge is 0.192 e. The summed E-state index contributed by atoms with van der Waals surface area (Å²) in [5.41, 5.74) is 0.0262. The van der Waals surface area contributed by atoms with Crippen molar-refractivity contribution in [3.63, 3.8) is 0 Å². The average molecular weight is 227 g/mol. The van der Waals surface area contributed by atoms with Gasteiger partial charge in [-0.3, -0.25) is 0 Å². The van der Waals surface area contributed by atoms with Crippen LogP contribution in [0.15, 0.2) is 18.2 Å². The molecule has 1 nitrogen and oxygen atoms in total. The molecular formula is C12H12F3N. The van der Waals surface area contributed by atoms with E-state index in [1.807, 2.05) is 19.9 Å². The van der Waals surface area contributed by atoms with Crippen molar-refractivity contribution in [2.75, 3.05) is 0 Å². The minimum Gasteiger partial charge on any atom is -0.192 e. The summed E-state index contributed by atoms with van der Waals surface area (Å²) < 4.78 is 37.2. The Balaban J connectivity index is 3.24. The SMILES string of the molecule is CCC(C)c1ccc(C(F)(F)F)cc1C#N. The molecule has 16 heavy (non-hydrogen) atoms. The van der Waals surface area contributed by atoms with E-state index in [0.29, 0.717) is 5.56 Å². The number of nitriles is 1. The third-order valence-electron chi connectivity index (χ3n) is 2.64. The third kappa shape index (κ3) is 2.54. The number of nitrogens with zero attached hydrogens (tertiary/aromatic N) is 1. The van der Waals surface area contributed by atoms with Gasteiger partial charge in [-0.05, 0) is 30.0 Å². The molecule has 0 aliphatic heterocycles. The molecule has 0 radical (unpaired) electrons. The second-order valence-electron chi connectivity index (χ2n) is 3.72. The Morgan fingerprint density at radius 2 is 2.00 bits per heavy atom. The van der Waals surface area contributed by atoms with Gasteiger partial charge in [-0.25, -0.2) is 0 Å². The van der Waals surface area contributed by atoms with Crippen LogP contribution in [0.1, 0.15) is 42.9 Å². The normalized spacial score (nSPS) is 13.2. The highest BCUT2D eigenvalue weighted by Gasteiger charge is 2.31. The Morgan fingerprint density at radius 1 is 1.38 bits per heavy atom. The summed E-state index contributed by atoms with van der Waals surface area (Å²) in [7, 11) is 0. The molecule has 1 aromatic carbocycles. The quantitative estimate of drug-likeness (QED) is 0.746. The van der Waals surface area contributed by atoms with Crippen LogP contribution in [0.4, 0.5) is 13.2 Å². The Hall–Kier alpha value is -1.50. The second-order valence-corrected chi connectivity index (χ2v) is 3.72. The number of benzene rings is 1. The molecule has 0 fully saturated rings. The van der Waals surface area contributed by atoms with Crippen LogP contribution in [0, 0.1) is 11.3 Å². The van der Waals surface area contributed by atoms with Gasteiger partial charge in [0.25, 0.3) is 0 Å². The number of hydrogen-bond acceptors (Lipinski definition) is 1. The molecule has 0 aromatic heterocycles. The van der Waals surface area contributed by atoms with Crippen molar-refractivity contribution in [1.82, 2.24) is 0 Å². The minimum absolute atomic E-state index is 0.0944. The lowest BCUT2D eigenvalue weighted by atomic mass is 9.93. The fourth-order valence-electron chi connectivity index (χ4n) is 1.48. The van der Waals surface area contributed by atoms with Crippen molar-refractivity contribution in [2.24, 2.45) is 0 Å². The van der Waals surface area contributed by atoms with E-state index in [1.165, 1.54) is 6.07 Å². The summed E-state index contributed by atoms with van der Waals surface area (Å²) in [6.45, 7) is 3.83. The number of alkyl halides is 3. The molecule has 0 N–H and O–H groups in total. The van der Waals surface area contributed by atoms with Gasteiger partial charge in [0, 0.05) is 0 Å². The first-order chi connectivity index (χ1) is 7.40. The van der Waals surface area contributed by atoms with Crippen molar-refractivity contribution in [3.05, 3.63) is 34.9 Å². The first-order valence-corrected chi connectivity index (χ1v) is 5.01. The summed E-state index contributed by atoms with van der Waals surface area (Å²) in [4.78, 5) is 0. The maximum absolute atomic E-state index is 12.4. The molecular weight excluding hydrogens is 215 g/mol. The van der Waals surface area contributed by atoms with Gasteiger partial charge < -0.3 is 0 Å². The number of rotatable bonds is 2. The zero-order valence-electron chi connectivity index (χ0n) is 9.10. The van der Waals surface area contributed by atoms with E-state index in [4.69, 9.17) is 5.26 Å². The van der Waals surface area contributed by atoms with E-state index in [-0.39, 0.29) is 11.5 Å². The van der Waals surface area contributed by atoms with Gasteiger partial charge in [0.15, 0.2) is 0 Å². The van der Waals surface area contributed by atoms with Gasteiger partial charge in [0.05, 0.1) is 17.2 Å². The van der Waals surface area contributed by atoms with E-state index in [0.717, 1.165) is 18.6 Å². The fraction of sp³-hybridized carbons (Fsp3) is 0.417. The van der Waals surface area contributed by atoms with E-state index in [2.05, 4.69) is 0 Å². The molecule has 0 spiro atoms. The van der Waals surface area contributed by atoms with Gasteiger partial charge in [-0.1, -0.05) is 19.9 Å². The van der Waals surface area contributed by atoms with Crippen LogP contribution in [0.2, 0.25) is 0 Å². The predicted octanol–water partition coefficient (Wildman–Crippen LogP) is 4.09. The fourth-order valence-corrected chi connectivity index (χ4v) is 1.48. The summed E-state index contributed by atoms with van der Waals surface area (Å²) in [5.74, 6) is 0.0944. The van der Waals surface area contributed by atoms with Crippen LogP contribution < -0.4 is 0 Å². The highest BCUT2D eigenvalue weighted by molar-refractivity contribution is 5.43. The molecule has 0 saturated carbocycles. The molecule has 4 heteroatoms. The molecule has 0 saturated heterocycles. The van der Waals surface area contributed by atoms with Crippen LogP contribution in [0.25, 0.3) is 0 Å². The van der Waals surface area contributed by atoms with Crippen molar-refractivity contribution in [1.29, 1.82) is 5.26 Å². The van der Waals surface area contributed by atoms with Gasteiger partial charge in [-0.15, -0.1) is 0 Å².